The van der Waals surface area contributed by atoms with Gasteiger partial charge in [0.15, 0.2) is 9.84 Å². The number of halogens is 2. The lowest BCUT2D eigenvalue weighted by Gasteiger charge is -2.15. The van der Waals surface area contributed by atoms with Gasteiger partial charge < -0.3 is 14.6 Å². The number of benzene rings is 3. The first-order chi connectivity index (χ1) is 18.2. The summed E-state index contributed by atoms with van der Waals surface area (Å²) in [5.41, 5.74) is 2.76. The van der Waals surface area contributed by atoms with E-state index in [2.05, 4.69) is 5.10 Å². The molecule has 1 aromatic heterocycles. The number of carboxylic acid groups (broad SMARTS) is 1. The highest BCUT2D eigenvalue weighted by Gasteiger charge is 2.31. The minimum Gasteiger partial charge on any atom is -0.487 e. The Balaban J connectivity index is 1.33. The summed E-state index contributed by atoms with van der Waals surface area (Å²) >= 11 is 12.9. The van der Waals surface area contributed by atoms with E-state index in [0.29, 0.717) is 33.0 Å². The van der Waals surface area contributed by atoms with Crippen molar-refractivity contribution in [3.05, 3.63) is 93.2 Å². The summed E-state index contributed by atoms with van der Waals surface area (Å²) in [7, 11) is -3.80. The van der Waals surface area contributed by atoms with Crippen LogP contribution in [0.3, 0.4) is 0 Å². The molecule has 1 saturated carbocycles. The second-order valence-corrected chi connectivity index (χ2v) is 12.0. The summed E-state index contributed by atoms with van der Waals surface area (Å²) in [6, 6.07) is 13.9. The van der Waals surface area contributed by atoms with E-state index in [9.17, 15) is 18.3 Å². The number of hydrogen-bond donors (Lipinski definition) is 1. The molecule has 0 atom stereocenters. The van der Waals surface area contributed by atoms with Crippen LogP contribution in [0.5, 0.6) is 17.2 Å². The Hall–Kier alpha value is -3.53. The molecule has 1 aliphatic carbocycles. The fourth-order valence-electron chi connectivity index (χ4n) is 4.51. The zero-order valence-corrected chi connectivity index (χ0v) is 22.1. The number of ether oxygens (including phenoxy) is 2. The van der Waals surface area contributed by atoms with Crippen molar-refractivity contribution >= 4 is 39.0 Å². The maximum atomic E-state index is 13.2. The smallest absolute Gasteiger partial charge is 0.335 e. The van der Waals surface area contributed by atoms with Crippen LogP contribution in [-0.4, -0.2) is 29.3 Å². The lowest BCUT2D eigenvalue weighted by Crippen LogP contribution is -2.09. The third-order valence-corrected chi connectivity index (χ3v) is 8.86. The lowest BCUT2D eigenvalue weighted by atomic mass is 10.1. The standard InChI is InChI=1S/C27H20Cl2N2O6S/c28-20-2-1-3-21(29)26(20)31-22(19(12-30-31)15-4-5-15)13-36-18-8-9-23-25(11-18)38(34,35)14-17-7-6-16(27(32)33)10-24(17)37-23/h1-3,6-12,15H,4-5,13-14H2,(H,32,33). The third kappa shape index (κ3) is 4.51. The van der Waals surface area contributed by atoms with Crippen LogP contribution in [0, 0.1) is 0 Å². The molecule has 194 valence electrons. The SMILES string of the molecule is O=C(O)c1ccc2c(c1)Oc1ccc(OCc3c(C4CC4)cnn3-c3c(Cl)cccc3Cl)cc1S(=O)(=O)C2. The minimum atomic E-state index is -3.80. The van der Waals surface area contributed by atoms with Gasteiger partial charge in [0.2, 0.25) is 0 Å². The van der Waals surface area contributed by atoms with Crippen molar-refractivity contribution in [1.82, 2.24) is 9.78 Å². The fraction of sp³-hybridized carbons (Fsp3) is 0.185. The predicted molar refractivity (Wildman–Crippen MR) is 141 cm³/mol. The Labute approximate surface area is 228 Å². The van der Waals surface area contributed by atoms with Gasteiger partial charge in [-0.25, -0.2) is 17.9 Å². The van der Waals surface area contributed by atoms with Crippen LogP contribution in [0.1, 0.15) is 45.9 Å². The molecule has 0 spiro atoms. The molecule has 2 heterocycles. The lowest BCUT2D eigenvalue weighted by molar-refractivity contribution is 0.0696. The van der Waals surface area contributed by atoms with E-state index in [1.807, 2.05) is 0 Å². The molecule has 11 heteroatoms. The average Bonchev–Trinajstić information content (AvgIpc) is 3.65. The molecule has 0 bridgehead atoms. The van der Waals surface area contributed by atoms with Gasteiger partial charge in [-0.2, -0.15) is 5.10 Å². The van der Waals surface area contributed by atoms with Gasteiger partial charge in [0.25, 0.3) is 0 Å². The van der Waals surface area contributed by atoms with E-state index < -0.39 is 15.8 Å². The highest BCUT2D eigenvalue weighted by atomic mass is 35.5. The Morgan fingerprint density at radius 3 is 2.55 bits per heavy atom. The van der Waals surface area contributed by atoms with Gasteiger partial charge in [0.05, 0.1) is 33.3 Å². The molecule has 1 N–H and O–H groups in total. The summed E-state index contributed by atoms with van der Waals surface area (Å²) in [4.78, 5) is 11.3. The first kappa shape index (κ1) is 24.8. The number of carboxylic acids is 1. The number of nitrogens with zero attached hydrogens (tertiary/aromatic N) is 2. The molecular formula is C27H20Cl2N2O6S. The first-order valence-corrected chi connectivity index (χ1v) is 14.2. The number of aromatic carboxylic acids is 1. The van der Waals surface area contributed by atoms with E-state index in [0.717, 1.165) is 24.1 Å². The van der Waals surface area contributed by atoms with Crippen LogP contribution in [-0.2, 0) is 22.2 Å². The predicted octanol–water partition coefficient (Wildman–Crippen LogP) is 6.41. The van der Waals surface area contributed by atoms with Gasteiger partial charge >= 0.3 is 5.97 Å². The second kappa shape index (κ2) is 9.34. The van der Waals surface area contributed by atoms with Crippen molar-refractivity contribution in [2.24, 2.45) is 0 Å². The van der Waals surface area contributed by atoms with Crippen molar-refractivity contribution < 1.29 is 27.8 Å². The van der Waals surface area contributed by atoms with Crippen LogP contribution < -0.4 is 9.47 Å². The zero-order chi connectivity index (χ0) is 26.6. The third-order valence-electron chi connectivity index (χ3n) is 6.57. The van der Waals surface area contributed by atoms with Crippen LogP contribution in [0.25, 0.3) is 5.69 Å². The fourth-order valence-corrected chi connectivity index (χ4v) is 6.58. The van der Waals surface area contributed by atoms with E-state index >= 15 is 0 Å². The van der Waals surface area contributed by atoms with Gasteiger partial charge in [0, 0.05) is 17.2 Å². The van der Waals surface area contributed by atoms with Gasteiger partial charge in [-0.3, -0.25) is 0 Å². The van der Waals surface area contributed by atoms with Crippen molar-refractivity contribution in [2.75, 3.05) is 0 Å². The van der Waals surface area contributed by atoms with Gasteiger partial charge in [-0.15, -0.1) is 0 Å². The largest absolute Gasteiger partial charge is 0.487 e. The minimum absolute atomic E-state index is 0.00579. The van der Waals surface area contributed by atoms with Gasteiger partial charge in [-0.1, -0.05) is 35.3 Å². The molecule has 1 fully saturated rings. The van der Waals surface area contributed by atoms with Crippen LogP contribution in [0.15, 0.2) is 65.7 Å². The first-order valence-electron chi connectivity index (χ1n) is 11.8. The molecule has 38 heavy (non-hydrogen) atoms. The summed E-state index contributed by atoms with van der Waals surface area (Å²) < 4.78 is 40.1. The number of fused-ring (bicyclic) bond motifs is 2. The molecule has 3 aromatic carbocycles. The topological polar surface area (TPSA) is 108 Å². The second-order valence-electron chi connectivity index (χ2n) is 9.19. The highest BCUT2D eigenvalue weighted by Crippen LogP contribution is 2.44. The average molecular weight is 571 g/mol. The number of carbonyl (C=O) groups is 1. The summed E-state index contributed by atoms with van der Waals surface area (Å²) in [5, 5.41) is 14.7. The van der Waals surface area contributed by atoms with E-state index in [1.54, 1.807) is 35.1 Å². The van der Waals surface area contributed by atoms with E-state index in [1.165, 1.54) is 30.3 Å². The molecule has 0 radical (unpaired) electrons. The zero-order valence-electron chi connectivity index (χ0n) is 19.7. The van der Waals surface area contributed by atoms with Crippen LogP contribution in [0.4, 0.5) is 0 Å². The molecule has 4 aromatic rings. The number of aromatic nitrogens is 2. The van der Waals surface area contributed by atoms with Crippen molar-refractivity contribution in [1.29, 1.82) is 0 Å². The van der Waals surface area contributed by atoms with Gasteiger partial charge in [-0.05, 0) is 55.2 Å². The van der Waals surface area contributed by atoms with Crippen LogP contribution in [0.2, 0.25) is 10.0 Å². The van der Waals surface area contributed by atoms with Crippen molar-refractivity contribution in [3.63, 3.8) is 0 Å². The molecule has 2 aliphatic rings. The maximum absolute atomic E-state index is 13.2. The summed E-state index contributed by atoms with van der Waals surface area (Å²) in [6.45, 7) is 0.106. The molecule has 1 aliphatic heterocycles. The number of hydrogen-bond acceptors (Lipinski definition) is 6. The normalized spacial score (nSPS) is 15.6. The Kier molecular flexibility index (Phi) is 6.09. The van der Waals surface area contributed by atoms with E-state index in [4.69, 9.17) is 32.7 Å². The number of para-hydroxylation sites is 1. The van der Waals surface area contributed by atoms with Crippen molar-refractivity contribution in [2.45, 2.75) is 36.0 Å². The Morgan fingerprint density at radius 1 is 1.08 bits per heavy atom. The molecule has 6 rings (SSSR count). The number of rotatable bonds is 6. The molecule has 0 amide bonds. The quantitative estimate of drug-likeness (QED) is 0.285. The highest BCUT2D eigenvalue weighted by molar-refractivity contribution is 7.90. The number of sulfone groups is 1. The molecule has 8 nitrogen and oxygen atoms in total. The Bertz CT molecular complexity index is 1690. The van der Waals surface area contributed by atoms with Crippen molar-refractivity contribution in [3.8, 4) is 22.9 Å². The van der Waals surface area contributed by atoms with E-state index in [-0.39, 0.29) is 34.3 Å². The van der Waals surface area contributed by atoms with Gasteiger partial charge in [0.1, 0.15) is 34.4 Å². The monoisotopic (exact) mass is 570 g/mol. The Morgan fingerprint density at radius 2 is 1.84 bits per heavy atom. The molecule has 0 unspecified atom stereocenters. The maximum Gasteiger partial charge on any atom is 0.335 e. The molecular weight excluding hydrogens is 551 g/mol. The summed E-state index contributed by atoms with van der Waals surface area (Å²) in [6.07, 6.45) is 3.90. The summed E-state index contributed by atoms with van der Waals surface area (Å²) in [5.74, 6) is -0.468. The molecule has 0 saturated heterocycles. The van der Waals surface area contributed by atoms with Crippen LogP contribution >= 0.6 is 23.2 Å².